The van der Waals surface area contributed by atoms with Crippen molar-refractivity contribution in [1.29, 1.82) is 0 Å². The predicted molar refractivity (Wildman–Crippen MR) is 89.2 cm³/mol. The minimum atomic E-state index is -3.30. The molecule has 0 aliphatic carbocycles. The summed E-state index contributed by atoms with van der Waals surface area (Å²) in [7, 11) is -3.30. The highest BCUT2D eigenvalue weighted by Crippen LogP contribution is 2.22. The van der Waals surface area contributed by atoms with Crippen LogP contribution in [0.3, 0.4) is 0 Å². The maximum absolute atomic E-state index is 11.5. The quantitative estimate of drug-likeness (QED) is 0.650. The van der Waals surface area contributed by atoms with E-state index < -0.39 is 15.8 Å². The molecule has 114 valence electrons. The third-order valence-electron chi connectivity index (χ3n) is 2.98. The molecule has 0 aliphatic heterocycles. The van der Waals surface area contributed by atoms with Gasteiger partial charge in [0.15, 0.2) is 9.84 Å². The van der Waals surface area contributed by atoms with Crippen LogP contribution in [0, 0.1) is 0 Å². The van der Waals surface area contributed by atoms with Gasteiger partial charge in [-0.25, -0.2) is 13.2 Å². The van der Waals surface area contributed by atoms with Crippen molar-refractivity contribution in [2.75, 3.05) is 6.26 Å². The average molecular weight is 381 g/mol. The first-order chi connectivity index (χ1) is 10.3. The number of carboxylic acids is 1. The molecule has 0 radical (unpaired) electrons. The van der Waals surface area contributed by atoms with Gasteiger partial charge in [-0.15, -0.1) is 0 Å². The van der Waals surface area contributed by atoms with E-state index in [1.54, 1.807) is 18.2 Å². The van der Waals surface area contributed by atoms with Gasteiger partial charge in [-0.3, -0.25) is 0 Å². The van der Waals surface area contributed by atoms with Gasteiger partial charge in [0.2, 0.25) is 0 Å². The van der Waals surface area contributed by atoms with Crippen molar-refractivity contribution in [2.45, 2.75) is 4.90 Å². The number of benzene rings is 2. The molecule has 0 saturated carbocycles. The van der Waals surface area contributed by atoms with Gasteiger partial charge in [0.05, 0.1) is 10.5 Å². The molecule has 0 aromatic heterocycles. The summed E-state index contributed by atoms with van der Waals surface area (Å²) in [5, 5.41) is 9.39. The Balaban J connectivity index is 2.47. The Morgan fingerprint density at radius 2 is 1.77 bits per heavy atom. The van der Waals surface area contributed by atoms with Crippen molar-refractivity contribution in [3.8, 4) is 0 Å². The molecule has 1 N–H and O–H groups in total. The second-order valence-corrected chi connectivity index (χ2v) is 7.65. The zero-order valence-corrected chi connectivity index (χ0v) is 14.1. The summed E-state index contributed by atoms with van der Waals surface area (Å²) in [5.74, 6) is -1.08. The van der Waals surface area contributed by atoms with E-state index >= 15 is 0 Å². The molecular weight excluding hydrogens is 368 g/mol. The SMILES string of the molecule is CS(=O)(=O)c1ccc(C(=Cc2cccc(Br)c2)C(=O)O)cc1. The first-order valence-corrected chi connectivity index (χ1v) is 8.97. The van der Waals surface area contributed by atoms with Crippen LogP contribution in [0.25, 0.3) is 11.6 Å². The van der Waals surface area contributed by atoms with Crippen molar-refractivity contribution in [3.63, 3.8) is 0 Å². The van der Waals surface area contributed by atoms with Crippen molar-refractivity contribution in [2.24, 2.45) is 0 Å². The molecular formula is C16H13BrO4S. The highest BCUT2D eigenvalue weighted by atomic mass is 79.9. The minimum Gasteiger partial charge on any atom is -0.478 e. The van der Waals surface area contributed by atoms with E-state index in [2.05, 4.69) is 15.9 Å². The van der Waals surface area contributed by atoms with Crippen molar-refractivity contribution in [1.82, 2.24) is 0 Å². The topological polar surface area (TPSA) is 71.4 Å². The molecule has 0 heterocycles. The van der Waals surface area contributed by atoms with Crippen LogP contribution in [0.5, 0.6) is 0 Å². The molecule has 0 amide bonds. The highest BCUT2D eigenvalue weighted by Gasteiger charge is 2.13. The molecule has 22 heavy (non-hydrogen) atoms. The number of halogens is 1. The number of carboxylic acid groups (broad SMARTS) is 1. The first kappa shape index (κ1) is 16.5. The van der Waals surface area contributed by atoms with E-state index in [-0.39, 0.29) is 10.5 Å². The van der Waals surface area contributed by atoms with Crippen LogP contribution in [0.2, 0.25) is 0 Å². The Morgan fingerprint density at radius 3 is 2.27 bits per heavy atom. The van der Waals surface area contributed by atoms with Gasteiger partial charge in [-0.05, 0) is 41.5 Å². The average Bonchev–Trinajstić information content (AvgIpc) is 2.44. The smallest absolute Gasteiger partial charge is 0.336 e. The number of aliphatic carboxylic acids is 1. The third-order valence-corrected chi connectivity index (χ3v) is 4.61. The molecule has 4 nitrogen and oxygen atoms in total. The lowest BCUT2D eigenvalue weighted by molar-refractivity contribution is -0.130. The largest absolute Gasteiger partial charge is 0.478 e. The maximum atomic E-state index is 11.5. The van der Waals surface area contributed by atoms with Gasteiger partial charge in [0, 0.05) is 10.7 Å². The molecule has 2 rings (SSSR count). The maximum Gasteiger partial charge on any atom is 0.336 e. The molecule has 0 bridgehead atoms. The van der Waals surface area contributed by atoms with Crippen LogP contribution in [0.15, 0.2) is 57.9 Å². The van der Waals surface area contributed by atoms with E-state index in [0.717, 1.165) is 16.3 Å². The lowest BCUT2D eigenvalue weighted by Crippen LogP contribution is -2.01. The standard InChI is InChI=1S/C16H13BrO4S/c1-22(20,21)14-7-5-12(6-8-14)15(16(18)19)10-11-3-2-4-13(17)9-11/h2-10H,1H3,(H,18,19). The third kappa shape index (κ3) is 4.05. The van der Waals surface area contributed by atoms with E-state index in [4.69, 9.17) is 0 Å². The van der Waals surface area contributed by atoms with E-state index in [1.807, 2.05) is 12.1 Å². The fraction of sp³-hybridized carbons (Fsp3) is 0.0625. The fourth-order valence-electron chi connectivity index (χ4n) is 1.91. The number of carbonyl (C=O) groups is 1. The second kappa shape index (κ2) is 6.46. The van der Waals surface area contributed by atoms with E-state index in [9.17, 15) is 18.3 Å². The second-order valence-electron chi connectivity index (χ2n) is 4.71. The Labute approximate surface area is 137 Å². The molecule has 0 saturated heterocycles. The summed E-state index contributed by atoms with van der Waals surface area (Å²) in [6.45, 7) is 0. The van der Waals surface area contributed by atoms with Gasteiger partial charge in [0.25, 0.3) is 0 Å². The highest BCUT2D eigenvalue weighted by molar-refractivity contribution is 9.10. The molecule has 2 aromatic rings. The lowest BCUT2D eigenvalue weighted by Gasteiger charge is -2.05. The summed E-state index contributed by atoms with van der Waals surface area (Å²) in [5.41, 5.74) is 1.27. The molecule has 0 atom stereocenters. The van der Waals surface area contributed by atoms with Crippen molar-refractivity contribution < 1.29 is 18.3 Å². The van der Waals surface area contributed by atoms with Crippen LogP contribution in [-0.2, 0) is 14.6 Å². The zero-order valence-electron chi connectivity index (χ0n) is 11.7. The van der Waals surface area contributed by atoms with E-state index in [1.165, 1.54) is 24.3 Å². The normalized spacial score (nSPS) is 12.2. The van der Waals surface area contributed by atoms with Crippen LogP contribution in [0.4, 0.5) is 0 Å². The fourth-order valence-corrected chi connectivity index (χ4v) is 2.96. The molecule has 0 unspecified atom stereocenters. The number of sulfone groups is 1. The molecule has 0 fully saturated rings. The zero-order chi connectivity index (χ0) is 16.3. The Bertz CT molecular complexity index is 837. The number of hydrogen-bond acceptors (Lipinski definition) is 3. The van der Waals surface area contributed by atoms with Crippen LogP contribution in [-0.4, -0.2) is 25.7 Å². The van der Waals surface area contributed by atoms with E-state index in [0.29, 0.717) is 5.56 Å². The Hall–Kier alpha value is -1.92. The van der Waals surface area contributed by atoms with Crippen LogP contribution in [0.1, 0.15) is 11.1 Å². The number of hydrogen-bond donors (Lipinski definition) is 1. The van der Waals surface area contributed by atoms with Gasteiger partial charge in [-0.2, -0.15) is 0 Å². The van der Waals surface area contributed by atoms with Gasteiger partial charge in [-0.1, -0.05) is 40.2 Å². The minimum absolute atomic E-state index is 0.0955. The Kier molecular flexibility index (Phi) is 4.83. The van der Waals surface area contributed by atoms with Gasteiger partial charge >= 0.3 is 5.97 Å². The Morgan fingerprint density at radius 1 is 1.14 bits per heavy atom. The van der Waals surface area contributed by atoms with Crippen LogP contribution >= 0.6 is 15.9 Å². The molecule has 0 spiro atoms. The van der Waals surface area contributed by atoms with Gasteiger partial charge < -0.3 is 5.11 Å². The molecule has 6 heteroatoms. The lowest BCUT2D eigenvalue weighted by atomic mass is 10.0. The summed E-state index contributed by atoms with van der Waals surface area (Å²) < 4.78 is 23.7. The molecule has 2 aromatic carbocycles. The summed E-state index contributed by atoms with van der Waals surface area (Å²) in [6.07, 6.45) is 2.65. The predicted octanol–water partition coefficient (Wildman–Crippen LogP) is 3.48. The monoisotopic (exact) mass is 380 g/mol. The molecule has 0 aliphatic rings. The first-order valence-electron chi connectivity index (χ1n) is 6.28. The number of rotatable bonds is 4. The van der Waals surface area contributed by atoms with Gasteiger partial charge in [0.1, 0.15) is 0 Å². The summed E-state index contributed by atoms with van der Waals surface area (Å²) >= 11 is 3.33. The summed E-state index contributed by atoms with van der Waals surface area (Å²) in [4.78, 5) is 11.6. The van der Waals surface area contributed by atoms with Crippen LogP contribution < -0.4 is 0 Å². The summed E-state index contributed by atoms with van der Waals surface area (Å²) in [6, 6.07) is 13.0. The van der Waals surface area contributed by atoms with Crippen molar-refractivity contribution >= 4 is 43.4 Å². The van der Waals surface area contributed by atoms with Crippen molar-refractivity contribution in [3.05, 3.63) is 64.1 Å².